The Morgan fingerprint density at radius 3 is 2.33 bits per heavy atom. The van der Waals surface area contributed by atoms with Gasteiger partial charge in [0, 0.05) is 0 Å². The second-order valence-corrected chi connectivity index (χ2v) is 4.78. The second kappa shape index (κ2) is 7.39. The summed E-state index contributed by atoms with van der Waals surface area (Å²) < 4.78 is 5.60. The fraction of sp³-hybridized carbons (Fsp3) is 0.600. The summed E-state index contributed by atoms with van der Waals surface area (Å²) in [6.07, 6.45) is 2.10. The van der Waals surface area contributed by atoms with Gasteiger partial charge in [0.25, 0.3) is 0 Å². The minimum absolute atomic E-state index is 0.427. The van der Waals surface area contributed by atoms with Gasteiger partial charge in [-0.25, -0.2) is 0 Å². The summed E-state index contributed by atoms with van der Waals surface area (Å²) in [5.41, 5.74) is 15.3. The zero-order chi connectivity index (χ0) is 13.5. The molecule has 0 aromatic heterocycles. The van der Waals surface area contributed by atoms with Crippen LogP contribution in [0.4, 0.5) is 0 Å². The van der Waals surface area contributed by atoms with Gasteiger partial charge in [0.05, 0.1) is 6.61 Å². The molecule has 0 unspecified atom stereocenters. The van der Waals surface area contributed by atoms with Crippen molar-refractivity contribution in [2.45, 2.75) is 33.6 Å². The van der Waals surface area contributed by atoms with Crippen LogP contribution in [0.3, 0.4) is 0 Å². The smallest absolute Gasteiger partial charge is 0.122 e. The third-order valence-electron chi connectivity index (χ3n) is 3.64. The summed E-state index contributed by atoms with van der Waals surface area (Å²) in [6, 6.07) is 4.23. The maximum absolute atomic E-state index is 5.68. The van der Waals surface area contributed by atoms with Crippen LogP contribution >= 0.6 is 0 Å². The lowest BCUT2D eigenvalue weighted by molar-refractivity contribution is 0.337. The van der Waals surface area contributed by atoms with Gasteiger partial charge in [0.2, 0.25) is 0 Å². The number of hydrogen-bond donors (Lipinski definition) is 2. The van der Waals surface area contributed by atoms with Gasteiger partial charge >= 0.3 is 0 Å². The maximum Gasteiger partial charge on any atom is 0.122 e. The van der Waals surface area contributed by atoms with Crippen LogP contribution in [0, 0.1) is 19.8 Å². The highest BCUT2D eigenvalue weighted by atomic mass is 16.5. The molecule has 3 heteroatoms. The Morgan fingerprint density at radius 2 is 1.78 bits per heavy atom. The maximum atomic E-state index is 5.68. The molecule has 0 atom stereocenters. The summed E-state index contributed by atoms with van der Waals surface area (Å²) in [7, 11) is 0. The molecule has 0 aliphatic rings. The molecular weight excluding hydrogens is 224 g/mol. The zero-order valence-corrected chi connectivity index (χ0v) is 11.8. The summed E-state index contributed by atoms with van der Waals surface area (Å²) in [6.45, 7) is 8.34. The van der Waals surface area contributed by atoms with Gasteiger partial charge < -0.3 is 16.2 Å². The molecule has 0 saturated carbocycles. The molecule has 0 saturated heterocycles. The first-order valence-electron chi connectivity index (χ1n) is 6.76. The van der Waals surface area contributed by atoms with Crippen LogP contribution < -0.4 is 16.2 Å². The molecule has 3 nitrogen and oxygen atoms in total. The Kier molecular flexibility index (Phi) is 6.16. The molecule has 1 aromatic rings. The molecule has 1 aromatic carbocycles. The quantitative estimate of drug-likeness (QED) is 0.779. The van der Waals surface area contributed by atoms with Crippen LogP contribution in [0.15, 0.2) is 12.1 Å². The molecule has 18 heavy (non-hydrogen) atoms. The Hall–Kier alpha value is -1.06. The van der Waals surface area contributed by atoms with Gasteiger partial charge in [0.15, 0.2) is 0 Å². The lowest BCUT2D eigenvalue weighted by Gasteiger charge is -2.16. The normalized spacial score (nSPS) is 11.0. The van der Waals surface area contributed by atoms with E-state index in [2.05, 4.69) is 26.0 Å². The van der Waals surface area contributed by atoms with Gasteiger partial charge in [0.1, 0.15) is 5.75 Å². The highest BCUT2D eigenvalue weighted by Crippen LogP contribution is 2.25. The van der Waals surface area contributed by atoms with Crippen LogP contribution in [0.5, 0.6) is 5.75 Å². The minimum Gasteiger partial charge on any atom is -0.494 e. The second-order valence-electron chi connectivity index (χ2n) is 4.78. The SMILES string of the molecule is CCOc1ccc(CCC(CN)CN)c(C)c1C. The van der Waals surface area contributed by atoms with E-state index < -0.39 is 0 Å². The zero-order valence-electron chi connectivity index (χ0n) is 11.8. The fourth-order valence-corrected chi connectivity index (χ4v) is 2.13. The number of rotatable bonds is 7. The molecular formula is C15H26N2O. The number of aryl methyl sites for hydroxylation is 1. The topological polar surface area (TPSA) is 61.3 Å². The van der Waals surface area contributed by atoms with Crippen molar-refractivity contribution in [1.29, 1.82) is 0 Å². The summed E-state index contributed by atoms with van der Waals surface area (Å²) in [4.78, 5) is 0. The minimum atomic E-state index is 0.427. The third-order valence-corrected chi connectivity index (χ3v) is 3.64. The highest BCUT2D eigenvalue weighted by molar-refractivity contribution is 5.43. The van der Waals surface area contributed by atoms with E-state index >= 15 is 0 Å². The number of benzene rings is 1. The van der Waals surface area contributed by atoms with Crippen LogP contribution in [0.25, 0.3) is 0 Å². The number of ether oxygens (including phenoxy) is 1. The molecule has 102 valence electrons. The van der Waals surface area contributed by atoms with Gasteiger partial charge in [-0.15, -0.1) is 0 Å². The summed E-state index contributed by atoms with van der Waals surface area (Å²) in [5, 5.41) is 0. The summed E-state index contributed by atoms with van der Waals surface area (Å²) >= 11 is 0. The fourth-order valence-electron chi connectivity index (χ4n) is 2.13. The highest BCUT2D eigenvalue weighted by Gasteiger charge is 2.09. The first kappa shape index (κ1) is 15.0. The molecule has 0 spiro atoms. The molecule has 0 fully saturated rings. The molecule has 0 amide bonds. The van der Waals surface area contributed by atoms with Gasteiger partial charge in [-0.1, -0.05) is 6.07 Å². The molecule has 0 heterocycles. The monoisotopic (exact) mass is 250 g/mol. The van der Waals surface area contributed by atoms with E-state index in [0.29, 0.717) is 25.6 Å². The Morgan fingerprint density at radius 1 is 1.11 bits per heavy atom. The van der Waals surface area contributed by atoms with Crippen molar-refractivity contribution in [2.24, 2.45) is 17.4 Å². The van der Waals surface area contributed by atoms with E-state index in [-0.39, 0.29) is 0 Å². The van der Waals surface area contributed by atoms with Crippen molar-refractivity contribution >= 4 is 0 Å². The van der Waals surface area contributed by atoms with E-state index in [4.69, 9.17) is 16.2 Å². The summed E-state index contributed by atoms with van der Waals surface area (Å²) in [5.74, 6) is 1.42. The number of nitrogens with two attached hydrogens (primary N) is 2. The van der Waals surface area contributed by atoms with Crippen molar-refractivity contribution in [1.82, 2.24) is 0 Å². The Labute approximate surface area is 111 Å². The van der Waals surface area contributed by atoms with Gasteiger partial charge in [-0.3, -0.25) is 0 Å². The van der Waals surface area contributed by atoms with E-state index in [1.807, 2.05) is 6.92 Å². The predicted octanol–water partition coefficient (Wildman–Crippen LogP) is 2.17. The van der Waals surface area contributed by atoms with E-state index in [9.17, 15) is 0 Å². The van der Waals surface area contributed by atoms with Crippen molar-refractivity contribution in [3.8, 4) is 5.75 Å². The molecule has 1 rings (SSSR count). The lowest BCUT2D eigenvalue weighted by Crippen LogP contribution is -2.23. The predicted molar refractivity (Wildman–Crippen MR) is 77.0 cm³/mol. The van der Waals surface area contributed by atoms with Crippen LogP contribution in [0.2, 0.25) is 0 Å². The van der Waals surface area contributed by atoms with Gasteiger partial charge in [-0.05, 0) is 75.4 Å². The average molecular weight is 250 g/mol. The van der Waals surface area contributed by atoms with Crippen molar-refractivity contribution in [2.75, 3.05) is 19.7 Å². The largest absolute Gasteiger partial charge is 0.494 e. The molecule has 4 N–H and O–H groups in total. The Balaban J connectivity index is 2.75. The molecule has 0 radical (unpaired) electrons. The van der Waals surface area contributed by atoms with Crippen molar-refractivity contribution in [3.05, 3.63) is 28.8 Å². The van der Waals surface area contributed by atoms with Crippen LogP contribution in [0.1, 0.15) is 30.0 Å². The molecule has 0 aliphatic heterocycles. The molecule has 0 aliphatic carbocycles. The first-order chi connectivity index (χ1) is 8.63. The van der Waals surface area contributed by atoms with Crippen molar-refractivity contribution in [3.63, 3.8) is 0 Å². The van der Waals surface area contributed by atoms with E-state index in [0.717, 1.165) is 18.6 Å². The Bertz CT molecular complexity index is 373. The lowest BCUT2D eigenvalue weighted by atomic mass is 9.94. The third kappa shape index (κ3) is 3.72. The van der Waals surface area contributed by atoms with E-state index in [1.165, 1.54) is 16.7 Å². The first-order valence-corrected chi connectivity index (χ1v) is 6.76. The average Bonchev–Trinajstić information content (AvgIpc) is 2.38. The van der Waals surface area contributed by atoms with Crippen LogP contribution in [-0.2, 0) is 6.42 Å². The number of hydrogen-bond acceptors (Lipinski definition) is 3. The van der Waals surface area contributed by atoms with Crippen molar-refractivity contribution < 1.29 is 4.74 Å². The standard InChI is InChI=1S/C15H26N2O/c1-4-18-15-8-7-14(11(2)12(15)3)6-5-13(9-16)10-17/h7-8,13H,4-6,9-10,16-17H2,1-3H3. The van der Waals surface area contributed by atoms with E-state index in [1.54, 1.807) is 0 Å². The molecule has 0 bridgehead atoms. The van der Waals surface area contributed by atoms with Gasteiger partial charge in [-0.2, -0.15) is 0 Å². The van der Waals surface area contributed by atoms with Crippen LogP contribution in [-0.4, -0.2) is 19.7 Å².